The molecule has 1 fully saturated rings. The maximum atomic E-state index is 11.0. The first-order valence-electron chi connectivity index (χ1n) is 5.18. The minimum absolute atomic E-state index is 0.147. The second kappa shape index (κ2) is 5.67. The quantitative estimate of drug-likeness (QED) is 0.301. The molecular weight excluding hydrogens is 196 g/mol. The van der Waals surface area contributed by atoms with Gasteiger partial charge in [-0.2, -0.15) is 0 Å². The Labute approximate surface area is 88.9 Å². The molecule has 1 aliphatic heterocycles. The van der Waals surface area contributed by atoms with Crippen molar-refractivity contribution in [2.24, 2.45) is 11.6 Å². The number of hydrogen-bond acceptors (Lipinski definition) is 4. The summed E-state index contributed by atoms with van der Waals surface area (Å²) in [6.07, 6.45) is 2.92. The van der Waals surface area contributed by atoms with Gasteiger partial charge in [0.15, 0.2) is 0 Å². The third-order valence-electron chi connectivity index (χ3n) is 2.70. The van der Waals surface area contributed by atoms with Crippen molar-refractivity contribution in [2.75, 3.05) is 13.1 Å². The standard InChI is InChI=1S/C9H18N4O2/c10-9(15)7-3-1-5-13(7)6-2-4-8(14)12-11/h7H,1-6,11H2,(H2,10,15)(H,12,14). The number of hydrogen-bond donors (Lipinski definition) is 3. The molecule has 15 heavy (non-hydrogen) atoms. The van der Waals surface area contributed by atoms with Crippen molar-refractivity contribution in [3.63, 3.8) is 0 Å². The molecule has 1 heterocycles. The van der Waals surface area contributed by atoms with E-state index in [1.807, 2.05) is 4.90 Å². The fourth-order valence-electron chi connectivity index (χ4n) is 1.93. The van der Waals surface area contributed by atoms with Crippen molar-refractivity contribution >= 4 is 11.8 Å². The van der Waals surface area contributed by atoms with Crippen molar-refractivity contribution in [3.05, 3.63) is 0 Å². The first kappa shape index (κ1) is 11.9. The Morgan fingerprint density at radius 1 is 1.47 bits per heavy atom. The molecule has 0 radical (unpaired) electrons. The number of hydrazine groups is 1. The zero-order valence-electron chi connectivity index (χ0n) is 8.74. The molecule has 0 aliphatic carbocycles. The molecule has 0 spiro atoms. The molecule has 6 nitrogen and oxygen atoms in total. The molecule has 5 N–H and O–H groups in total. The summed E-state index contributed by atoms with van der Waals surface area (Å²) in [6.45, 7) is 1.61. The van der Waals surface area contributed by atoms with Crippen LogP contribution in [-0.2, 0) is 9.59 Å². The monoisotopic (exact) mass is 214 g/mol. The molecule has 1 unspecified atom stereocenters. The molecule has 1 saturated heterocycles. The van der Waals surface area contributed by atoms with Crippen LogP contribution >= 0.6 is 0 Å². The van der Waals surface area contributed by atoms with E-state index in [-0.39, 0.29) is 17.9 Å². The van der Waals surface area contributed by atoms with Gasteiger partial charge >= 0.3 is 0 Å². The van der Waals surface area contributed by atoms with Crippen molar-refractivity contribution in [2.45, 2.75) is 31.7 Å². The average molecular weight is 214 g/mol. The molecule has 6 heteroatoms. The van der Waals surface area contributed by atoms with Gasteiger partial charge in [0.1, 0.15) is 0 Å². The van der Waals surface area contributed by atoms with Crippen LogP contribution in [0.2, 0.25) is 0 Å². The lowest BCUT2D eigenvalue weighted by molar-refractivity contribution is -0.122. The lowest BCUT2D eigenvalue weighted by Gasteiger charge is -2.21. The molecule has 0 saturated carbocycles. The zero-order chi connectivity index (χ0) is 11.3. The predicted octanol–water partition coefficient (Wildman–Crippen LogP) is -1.29. The molecule has 2 amide bonds. The number of nitrogens with one attached hydrogen (secondary N) is 1. The van der Waals surface area contributed by atoms with Gasteiger partial charge in [-0.15, -0.1) is 0 Å². The Hall–Kier alpha value is -1.14. The predicted molar refractivity (Wildman–Crippen MR) is 55.4 cm³/mol. The number of amides is 2. The lowest BCUT2D eigenvalue weighted by Crippen LogP contribution is -2.41. The van der Waals surface area contributed by atoms with Crippen LogP contribution in [0.25, 0.3) is 0 Å². The minimum Gasteiger partial charge on any atom is -0.368 e. The van der Waals surface area contributed by atoms with Crippen LogP contribution in [0.1, 0.15) is 25.7 Å². The number of likely N-dealkylation sites (tertiary alicyclic amines) is 1. The fraction of sp³-hybridized carbons (Fsp3) is 0.778. The average Bonchev–Trinajstić information content (AvgIpc) is 2.65. The van der Waals surface area contributed by atoms with Gasteiger partial charge in [0, 0.05) is 6.42 Å². The first-order valence-corrected chi connectivity index (χ1v) is 5.18. The van der Waals surface area contributed by atoms with E-state index in [9.17, 15) is 9.59 Å². The minimum atomic E-state index is -0.268. The van der Waals surface area contributed by atoms with Gasteiger partial charge in [0.05, 0.1) is 6.04 Å². The normalized spacial score (nSPS) is 21.5. The highest BCUT2D eigenvalue weighted by Gasteiger charge is 2.28. The van der Waals surface area contributed by atoms with Crippen LogP contribution in [0, 0.1) is 0 Å². The molecule has 1 atom stereocenters. The van der Waals surface area contributed by atoms with E-state index >= 15 is 0 Å². The van der Waals surface area contributed by atoms with Gasteiger partial charge in [0.2, 0.25) is 11.8 Å². The van der Waals surface area contributed by atoms with Crippen LogP contribution in [0.3, 0.4) is 0 Å². The van der Waals surface area contributed by atoms with Crippen molar-refractivity contribution in [3.8, 4) is 0 Å². The van der Waals surface area contributed by atoms with Crippen LogP contribution in [0.5, 0.6) is 0 Å². The highest BCUT2D eigenvalue weighted by molar-refractivity contribution is 5.80. The number of rotatable bonds is 5. The van der Waals surface area contributed by atoms with Gasteiger partial charge in [0.25, 0.3) is 0 Å². The summed E-state index contributed by atoms with van der Waals surface area (Å²) >= 11 is 0. The van der Waals surface area contributed by atoms with Crippen molar-refractivity contribution in [1.29, 1.82) is 0 Å². The number of nitrogens with zero attached hydrogens (tertiary/aromatic N) is 1. The highest BCUT2D eigenvalue weighted by Crippen LogP contribution is 2.17. The molecule has 0 aromatic carbocycles. The Morgan fingerprint density at radius 3 is 2.80 bits per heavy atom. The maximum absolute atomic E-state index is 11.0. The topological polar surface area (TPSA) is 101 Å². The number of primary amides is 1. The van der Waals surface area contributed by atoms with E-state index in [2.05, 4.69) is 5.43 Å². The van der Waals surface area contributed by atoms with Crippen LogP contribution in [0.15, 0.2) is 0 Å². The molecule has 86 valence electrons. The summed E-state index contributed by atoms with van der Waals surface area (Å²) in [6, 6.07) is -0.147. The maximum Gasteiger partial charge on any atom is 0.234 e. The van der Waals surface area contributed by atoms with E-state index in [1.54, 1.807) is 0 Å². The van der Waals surface area contributed by atoms with Gasteiger partial charge in [-0.25, -0.2) is 5.84 Å². The Morgan fingerprint density at radius 2 is 2.20 bits per heavy atom. The van der Waals surface area contributed by atoms with Crippen LogP contribution < -0.4 is 17.0 Å². The van der Waals surface area contributed by atoms with Gasteiger partial charge in [-0.1, -0.05) is 0 Å². The molecule has 1 aliphatic rings. The molecule has 1 rings (SSSR count). The van der Waals surface area contributed by atoms with Gasteiger partial charge < -0.3 is 5.73 Å². The Bertz CT molecular complexity index is 244. The Kier molecular flexibility index (Phi) is 4.51. The van der Waals surface area contributed by atoms with E-state index in [4.69, 9.17) is 11.6 Å². The number of nitrogens with two attached hydrogens (primary N) is 2. The van der Waals surface area contributed by atoms with Crippen LogP contribution in [-0.4, -0.2) is 35.8 Å². The molecule has 0 bridgehead atoms. The van der Waals surface area contributed by atoms with E-state index in [0.29, 0.717) is 12.8 Å². The zero-order valence-corrected chi connectivity index (χ0v) is 8.74. The summed E-state index contributed by atoms with van der Waals surface area (Å²) in [5.74, 6) is 4.51. The van der Waals surface area contributed by atoms with Crippen molar-refractivity contribution < 1.29 is 9.59 Å². The Balaban J connectivity index is 2.26. The summed E-state index contributed by atoms with van der Waals surface area (Å²) < 4.78 is 0. The second-order valence-corrected chi connectivity index (χ2v) is 3.77. The highest BCUT2D eigenvalue weighted by atomic mass is 16.2. The SMILES string of the molecule is NNC(=O)CCCN1CCCC1C(N)=O. The third kappa shape index (κ3) is 3.49. The number of carbonyl (C=O) groups is 2. The lowest BCUT2D eigenvalue weighted by atomic mass is 10.2. The summed E-state index contributed by atoms with van der Waals surface area (Å²) in [4.78, 5) is 23.9. The van der Waals surface area contributed by atoms with Crippen LogP contribution in [0.4, 0.5) is 0 Å². The largest absolute Gasteiger partial charge is 0.368 e. The molecule has 0 aromatic rings. The van der Waals surface area contributed by atoms with E-state index < -0.39 is 0 Å². The van der Waals surface area contributed by atoms with E-state index in [1.165, 1.54) is 0 Å². The summed E-state index contributed by atoms with van der Waals surface area (Å²) in [5, 5.41) is 0. The van der Waals surface area contributed by atoms with Gasteiger partial charge in [-0.3, -0.25) is 19.9 Å². The number of carbonyl (C=O) groups excluding carboxylic acids is 2. The van der Waals surface area contributed by atoms with E-state index in [0.717, 1.165) is 25.9 Å². The van der Waals surface area contributed by atoms with Crippen molar-refractivity contribution in [1.82, 2.24) is 10.3 Å². The third-order valence-corrected chi connectivity index (χ3v) is 2.70. The molecule has 0 aromatic heterocycles. The molecular formula is C9H18N4O2. The van der Waals surface area contributed by atoms with Gasteiger partial charge in [-0.05, 0) is 32.4 Å². The second-order valence-electron chi connectivity index (χ2n) is 3.77. The smallest absolute Gasteiger partial charge is 0.234 e. The first-order chi connectivity index (χ1) is 7.15. The summed E-state index contributed by atoms with van der Waals surface area (Å²) in [5.41, 5.74) is 7.34. The summed E-state index contributed by atoms with van der Waals surface area (Å²) in [7, 11) is 0. The fourth-order valence-corrected chi connectivity index (χ4v) is 1.93.